The molecular weight excluding hydrogens is 396 g/mol. The van der Waals surface area contributed by atoms with Crippen molar-refractivity contribution in [1.29, 1.82) is 0 Å². The monoisotopic (exact) mass is 426 g/mol. The lowest BCUT2D eigenvalue weighted by Crippen LogP contribution is -2.55. The van der Waals surface area contributed by atoms with Crippen molar-refractivity contribution in [2.75, 3.05) is 30.3 Å². The average molecular weight is 427 g/mol. The Morgan fingerprint density at radius 1 is 1.00 bits per heavy atom. The molecule has 0 spiro atoms. The van der Waals surface area contributed by atoms with Crippen molar-refractivity contribution in [2.24, 2.45) is 0 Å². The van der Waals surface area contributed by atoms with E-state index < -0.39 is 15.4 Å². The number of anilines is 1. The first-order valence-corrected chi connectivity index (χ1v) is 12.4. The van der Waals surface area contributed by atoms with Crippen molar-refractivity contribution >= 4 is 21.6 Å². The minimum Gasteiger partial charge on any atom is -0.311 e. The molecule has 0 radical (unpaired) electrons. The smallest absolute Gasteiger partial charge is 0.237 e. The second-order valence-electron chi connectivity index (χ2n) is 8.45. The molecule has 160 valence electrons. The Labute approximate surface area is 179 Å². The van der Waals surface area contributed by atoms with Crippen molar-refractivity contribution in [3.8, 4) is 0 Å². The van der Waals surface area contributed by atoms with Gasteiger partial charge in [0.15, 0.2) is 0 Å². The Balaban J connectivity index is 1.72. The van der Waals surface area contributed by atoms with Gasteiger partial charge in [-0.25, -0.2) is 12.7 Å². The highest BCUT2D eigenvalue weighted by molar-refractivity contribution is 7.89. The van der Waals surface area contributed by atoms with Crippen LogP contribution < -0.4 is 4.90 Å². The third-order valence-corrected chi connectivity index (χ3v) is 8.74. The van der Waals surface area contributed by atoms with E-state index in [9.17, 15) is 13.2 Å². The van der Waals surface area contributed by atoms with Gasteiger partial charge in [-0.1, -0.05) is 55.5 Å². The number of hydrogen-bond acceptors (Lipinski definition) is 3. The summed E-state index contributed by atoms with van der Waals surface area (Å²) in [5.74, 6) is 0.618. The topological polar surface area (TPSA) is 57.7 Å². The van der Waals surface area contributed by atoms with Crippen LogP contribution in [0.15, 0.2) is 54.6 Å². The Hall–Kier alpha value is -2.18. The maximum Gasteiger partial charge on any atom is 0.237 e. The number of amides is 1. The lowest BCUT2D eigenvalue weighted by Gasteiger charge is -2.44. The molecule has 2 aliphatic heterocycles. The van der Waals surface area contributed by atoms with Gasteiger partial charge in [-0.05, 0) is 49.3 Å². The Morgan fingerprint density at radius 3 is 2.30 bits per heavy atom. The van der Waals surface area contributed by atoms with Gasteiger partial charge < -0.3 is 4.90 Å². The standard InChI is InChI=1S/C24H30N2O3S/c1-3-30(28,29)25-17-14-24(15-18-25,20-9-5-4-6-10-20)23(27)26-16-13-19(2)21-11-7-8-12-22(21)26/h4-12,19H,3,13-18H2,1-2H3. The Bertz CT molecular complexity index is 1010. The number of hydrogen-bond donors (Lipinski definition) is 0. The molecule has 1 fully saturated rings. The van der Waals surface area contributed by atoms with E-state index in [-0.39, 0.29) is 11.7 Å². The molecule has 0 saturated carbocycles. The maximum absolute atomic E-state index is 14.1. The van der Waals surface area contributed by atoms with E-state index >= 15 is 0 Å². The molecule has 0 bridgehead atoms. The summed E-state index contributed by atoms with van der Waals surface area (Å²) in [5.41, 5.74) is 2.50. The molecule has 1 unspecified atom stereocenters. The van der Waals surface area contributed by atoms with Crippen molar-refractivity contribution in [1.82, 2.24) is 4.31 Å². The number of sulfonamides is 1. The zero-order chi connectivity index (χ0) is 21.4. The van der Waals surface area contributed by atoms with Crippen LogP contribution in [0.4, 0.5) is 5.69 Å². The van der Waals surface area contributed by atoms with Crippen molar-refractivity contribution in [2.45, 2.75) is 44.4 Å². The van der Waals surface area contributed by atoms with E-state index in [2.05, 4.69) is 13.0 Å². The number of benzene rings is 2. The molecule has 1 atom stereocenters. The zero-order valence-corrected chi connectivity index (χ0v) is 18.6. The number of rotatable bonds is 4. The molecule has 0 N–H and O–H groups in total. The van der Waals surface area contributed by atoms with Gasteiger partial charge in [0.05, 0.1) is 11.2 Å². The predicted octanol–water partition coefficient (Wildman–Crippen LogP) is 3.91. The van der Waals surface area contributed by atoms with E-state index in [1.165, 1.54) is 5.56 Å². The first kappa shape index (κ1) is 21.1. The molecule has 4 rings (SSSR count). The van der Waals surface area contributed by atoms with E-state index in [1.807, 2.05) is 53.4 Å². The normalized spacial score (nSPS) is 21.8. The second kappa shape index (κ2) is 8.16. The summed E-state index contributed by atoms with van der Waals surface area (Å²) in [6, 6.07) is 18.1. The first-order chi connectivity index (χ1) is 14.4. The van der Waals surface area contributed by atoms with Gasteiger partial charge in [0.1, 0.15) is 0 Å². The van der Waals surface area contributed by atoms with Crippen LogP contribution in [-0.2, 0) is 20.2 Å². The highest BCUT2D eigenvalue weighted by atomic mass is 32.2. The van der Waals surface area contributed by atoms with Crippen LogP contribution >= 0.6 is 0 Å². The predicted molar refractivity (Wildman–Crippen MR) is 120 cm³/mol. The minimum absolute atomic E-state index is 0.0939. The highest BCUT2D eigenvalue weighted by Gasteiger charge is 2.47. The van der Waals surface area contributed by atoms with Crippen molar-refractivity contribution in [3.63, 3.8) is 0 Å². The highest BCUT2D eigenvalue weighted by Crippen LogP contribution is 2.42. The number of carbonyl (C=O) groups excluding carboxylic acids is 1. The van der Waals surface area contributed by atoms with Crippen LogP contribution in [0.25, 0.3) is 0 Å². The fraction of sp³-hybridized carbons (Fsp3) is 0.458. The van der Waals surface area contributed by atoms with Crippen LogP contribution in [0.5, 0.6) is 0 Å². The van der Waals surface area contributed by atoms with Gasteiger partial charge in [-0.2, -0.15) is 0 Å². The number of nitrogens with zero attached hydrogens (tertiary/aromatic N) is 2. The molecule has 2 heterocycles. The molecule has 1 saturated heterocycles. The summed E-state index contributed by atoms with van der Waals surface area (Å²) in [6.07, 6.45) is 1.94. The summed E-state index contributed by atoms with van der Waals surface area (Å²) in [7, 11) is -3.25. The van der Waals surface area contributed by atoms with Crippen LogP contribution in [0.1, 0.15) is 50.2 Å². The number of piperidine rings is 1. The average Bonchev–Trinajstić information content (AvgIpc) is 2.79. The van der Waals surface area contributed by atoms with Gasteiger partial charge >= 0.3 is 0 Å². The van der Waals surface area contributed by atoms with E-state index in [0.717, 1.165) is 17.7 Å². The molecule has 2 aromatic carbocycles. The third-order valence-electron chi connectivity index (χ3n) is 6.86. The largest absolute Gasteiger partial charge is 0.311 e. The quantitative estimate of drug-likeness (QED) is 0.745. The Morgan fingerprint density at radius 2 is 1.63 bits per heavy atom. The van der Waals surface area contributed by atoms with E-state index in [4.69, 9.17) is 0 Å². The van der Waals surface area contributed by atoms with Crippen LogP contribution in [0, 0.1) is 0 Å². The third kappa shape index (κ3) is 3.56. The summed E-state index contributed by atoms with van der Waals surface area (Å²) in [6.45, 7) is 5.33. The Kier molecular flexibility index (Phi) is 5.73. The van der Waals surface area contributed by atoms with Crippen molar-refractivity contribution in [3.05, 3.63) is 65.7 Å². The molecular formula is C24H30N2O3S. The molecule has 0 aromatic heterocycles. The summed E-state index contributed by atoms with van der Waals surface area (Å²) < 4.78 is 26.4. The molecule has 2 aliphatic rings. The fourth-order valence-corrected chi connectivity index (χ4v) is 6.03. The van der Waals surface area contributed by atoms with E-state index in [1.54, 1.807) is 11.2 Å². The molecule has 30 heavy (non-hydrogen) atoms. The lowest BCUT2D eigenvalue weighted by molar-refractivity contribution is -0.125. The number of carbonyl (C=O) groups is 1. The first-order valence-electron chi connectivity index (χ1n) is 10.8. The second-order valence-corrected chi connectivity index (χ2v) is 10.7. The molecule has 6 heteroatoms. The summed E-state index contributed by atoms with van der Waals surface area (Å²) in [4.78, 5) is 16.1. The lowest BCUT2D eigenvalue weighted by atomic mass is 9.71. The summed E-state index contributed by atoms with van der Waals surface area (Å²) in [5, 5.41) is 0. The fourth-order valence-electron chi connectivity index (χ4n) is 4.93. The van der Waals surface area contributed by atoms with Crippen LogP contribution in [-0.4, -0.2) is 44.0 Å². The minimum atomic E-state index is -3.25. The maximum atomic E-state index is 14.1. The van der Waals surface area contributed by atoms with Gasteiger partial charge in [0.25, 0.3) is 0 Å². The number of fused-ring (bicyclic) bond motifs is 1. The molecule has 1 amide bonds. The zero-order valence-electron chi connectivity index (χ0n) is 17.8. The van der Waals surface area contributed by atoms with Gasteiger partial charge in [0.2, 0.25) is 15.9 Å². The molecule has 0 aliphatic carbocycles. The number of para-hydroxylation sites is 1. The summed E-state index contributed by atoms with van der Waals surface area (Å²) >= 11 is 0. The van der Waals surface area contributed by atoms with Crippen LogP contribution in [0.3, 0.4) is 0 Å². The van der Waals surface area contributed by atoms with E-state index in [0.29, 0.717) is 38.4 Å². The molecule has 2 aromatic rings. The van der Waals surface area contributed by atoms with Crippen LogP contribution in [0.2, 0.25) is 0 Å². The van der Waals surface area contributed by atoms with Gasteiger partial charge in [-0.3, -0.25) is 4.79 Å². The molecule has 5 nitrogen and oxygen atoms in total. The van der Waals surface area contributed by atoms with Crippen molar-refractivity contribution < 1.29 is 13.2 Å². The SMILES string of the molecule is CCS(=O)(=O)N1CCC(C(=O)N2CCC(C)c3ccccc32)(c2ccccc2)CC1. The van der Waals surface area contributed by atoms with Gasteiger partial charge in [-0.15, -0.1) is 0 Å². The van der Waals surface area contributed by atoms with Gasteiger partial charge in [0, 0.05) is 25.3 Å².